The van der Waals surface area contributed by atoms with Crippen molar-refractivity contribution in [1.29, 1.82) is 0 Å². The van der Waals surface area contributed by atoms with Crippen LogP contribution in [0.5, 0.6) is 11.5 Å². The highest BCUT2D eigenvalue weighted by atomic mass is 16.5. The van der Waals surface area contributed by atoms with Crippen molar-refractivity contribution >= 4 is 16.9 Å². The maximum Gasteiger partial charge on any atom is 0.340 e. The maximum absolute atomic E-state index is 12.2. The van der Waals surface area contributed by atoms with Gasteiger partial charge in [-0.3, -0.25) is 4.79 Å². The van der Waals surface area contributed by atoms with Crippen LogP contribution >= 0.6 is 0 Å². The number of ether oxygens (including phenoxy) is 2. The molecule has 1 heterocycles. The summed E-state index contributed by atoms with van der Waals surface area (Å²) in [6.45, 7) is 3.90. The van der Waals surface area contributed by atoms with E-state index >= 15 is 0 Å². The molecular weight excluding hydrogens is 348 g/mol. The number of fused-ring (bicyclic) bond motifs is 1. The lowest BCUT2D eigenvalue weighted by atomic mass is 10.0. The molecule has 140 valence electrons. The zero-order chi connectivity index (χ0) is 19.6. The van der Waals surface area contributed by atoms with Crippen molar-refractivity contribution < 1.29 is 23.8 Å². The fraction of sp³-hybridized carbons (Fsp3) is 0.238. The van der Waals surface area contributed by atoms with Gasteiger partial charge < -0.3 is 19.0 Å². The number of hydrogen-bond acceptors (Lipinski definition) is 5. The number of aryl methyl sites for hydroxylation is 2. The predicted octanol–water partition coefficient (Wildman–Crippen LogP) is 3.62. The molecule has 0 aliphatic heterocycles. The van der Waals surface area contributed by atoms with E-state index in [0.717, 1.165) is 11.3 Å². The van der Waals surface area contributed by atoms with Crippen molar-refractivity contribution in [3.63, 3.8) is 0 Å². The summed E-state index contributed by atoms with van der Waals surface area (Å²) in [6, 6.07) is 11.1. The second-order valence-electron chi connectivity index (χ2n) is 6.27. The average Bonchev–Trinajstić information content (AvgIpc) is 2.65. The number of benzene rings is 2. The van der Waals surface area contributed by atoms with E-state index in [1.807, 2.05) is 31.2 Å². The van der Waals surface area contributed by atoms with Crippen molar-refractivity contribution in [1.82, 2.24) is 0 Å². The van der Waals surface area contributed by atoms with Gasteiger partial charge in [-0.2, -0.15) is 0 Å². The molecule has 0 amide bonds. The molecule has 0 fully saturated rings. The highest BCUT2D eigenvalue weighted by molar-refractivity contribution is 5.86. The molecule has 1 aromatic heterocycles. The number of hydrogen-bond donors (Lipinski definition) is 1. The Balaban J connectivity index is 1.92. The van der Waals surface area contributed by atoms with Gasteiger partial charge in [-0.05, 0) is 49.2 Å². The van der Waals surface area contributed by atoms with Crippen molar-refractivity contribution in [3.8, 4) is 11.5 Å². The monoisotopic (exact) mass is 368 g/mol. The first-order chi connectivity index (χ1) is 12.9. The lowest BCUT2D eigenvalue weighted by Crippen LogP contribution is -2.15. The fourth-order valence-electron chi connectivity index (χ4n) is 2.97. The van der Waals surface area contributed by atoms with E-state index < -0.39 is 11.6 Å². The highest BCUT2D eigenvalue weighted by Crippen LogP contribution is 2.30. The second kappa shape index (κ2) is 7.53. The molecule has 3 rings (SSSR count). The van der Waals surface area contributed by atoms with Crippen molar-refractivity contribution in [2.75, 3.05) is 7.11 Å². The Morgan fingerprint density at radius 1 is 1.07 bits per heavy atom. The summed E-state index contributed by atoms with van der Waals surface area (Å²) in [5.41, 5.74) is 2.25. The molecule has 0 spiro atoms. The minimum Gasteiger partial charge on any atom is -0.497 e. The van der Waals surface area contributed by atoms with E-state index in [1.165, 1.54) is 0 Å². The van der Waals surface area contributed by atoms with E-state index in [9.17, 15) is 9.59 Å². The Morgan fingerprint density at radius 3 is 2.41 bits per heavy atom. The lowest BCUT2D eigenvalue weighted by Gasteiger charge is -2.13. The summed E-state index contributed by atoms with van der Waals surface area (Å²) in [7, 11) is 1.61. The largest absolute Gasteiger partial charge is 0.497 e. The van der Waals surface area contributed by atoms with Crippen LogP contribution in [0.4, 0.5) is 0 Å². The van der Waals surface area contributed by atoms with E-state index in [4.69, 9.17) is 19.0 Å². The number of aliphatic carboxylic acids is 1. The van der Waals surface area contributed by atoms with Gasteiger partial charge >= 0.3 is 11.6 Å². The van der Waals surface area contributed by atoms with E-state index in [2.05, 4.69) is 0 Å². The van der Waals surface area contributed by atoms with Gasteiger partial charge in [0, 0.05) is 10.9 Å². The summed E-state index contributed by atoms with van der Waals surface area (Å²) < 4.78 is 16.4. The number of methoxy groups -OCH3 is 1. The van der Waals surface area contributed by atoms with Gasteiger partial charge in [0.2, 0.25) is 0 Å². The molecule has 0 aliphatic carbocycles. The molecule has 0 aliphatic rings. The number of rotatable bonds is 6. The topological polar surface area (TPSA) is 86.0 Å². The van der Waals surface area contributed by atoms with Gasteiger partial charge in [-0.25, -0.2) is 4.79 Å². The van der Waals surface area contributed by atoms with E-state index in [-0.39, 0.29) is 12.0 Å². The molecule has 27 heavy (non-hydrogen) atoms. The zero-order valence-corrected chi connectivity index (χ0v) is 15.4. The predicted molar refractivity (Wildman–Crippen MR) is 101 cm³/mol. The Hall–Kier alpha value is -3.28. The molecule has 2 aromatic carbocycles. The van der Waals surface area contributed by atoms with Crippen molar-refractivity contribution in [2.24, 2.45) is 0 Å². The molecule has 0 radical (unpaired) electrons. The molecule has 0 atom stereocenters. The molecule has 3 aromatic rings. The third kappa shape index (κ3) is 3.79. The van der Waals surface area contributed by atoms with Crippen molar-refractivity contribution in [2.45, 2.75) is 26.9 Å². The van der Waals surface area contributed by atoms with Gasteiger partial charge in [0.05, 0.1) is 19.1 Å². The first-order valence-electron chi connectivity index (χ1n) is 8.44. The van der Waals surface area contributed by atoms with E-state index in [1.54, 1.807) is 26.2 Å². The molecule has 0 saturated carbocycles. The smallest absolute Gasteiger partial charge is 0.340 e. The zero-order valence-electron chi connectivity index (χ0n) is 15.4. The molecule has 6 heteroatoms. The third-order valence-electron chi connectivity index (χ3n) is 4.54. The average molecular weight is 368 g/mol. The molecule has 0 unspecified atom stereocenters. The fourth-order valence-corrected chi connectivity index (χ4v) is 2.97. The summed E-state index contributed by atoms with van der Waals surface area (Å²) in [5.74, 6) is 0.308. The lowest BCUT2D eigenvalue weighted by molar-refractivity contribution is -0.136. The summed E-state index contributed by atoms with van der Waals surface area (Å²) in [4.78, 5) is 23.2. The van der Waals surface area contributed by atoms with Crippen LogP contribution in [0.25, 0.3) is 11.0 Å². The number of carboxylic acids is 1. The number of carbonyl (C=O) groups is 1. The Kier molecular flexibility index (Phi) is 5.16. The highest BCUT2D eigenvalue weighted by Gasteiger charge is 2.17. The van der Waals surface area contributed by atoms with Crippen molar-refractivity contribution in [3.05, 3.63) is 69.1 Å². The van der Waals surface area contributed by atoms with Gasteiger partial charge in [-0.1, -0.05) is 12.1 Å². The second-order valence-corrected chi connectivity index (χ2v) is 6.27. The van der Waals surface area contributed by atoms with Crippen LogP contribution in [0, 0.1) is 13.8 Å². The Morgan fingerprint density at radius 2 is 1.78 bits per heavy atom. The SMILES string of the molecule is COc1ccc(COc2ccc3c(C)c(CC(=O)O)c(=O)oc3c2C)cc1. The summed E-state index contributed by atoms with van der Waals surface area (Å²) in [5, 5.41) is 9.70. The summed E-state index contributed by atoms with van der Waals surface area (Å²) in [6.07, 6.45) is -0.362. The molecule has 0 saturated heterocycles. The van der Waals surface area contributed by atoms with Gasteiger partial charge in [0.1, 0.15) is 23.7 Å². The first-order valence-corrected chi connectivity index (χ1v) is 8.44. The normalized spacial score (nSPS) is 10.8. The van der Waals surface area contributed by atoms with Crippen LogP contribution in [-0.4, -0.2) is 18.2 Å². The van der Waals surface area contributed by atoms with Crippen LogP contribution < -0.4 is 15.1 Å². The minimum absolute atomic E-state index is 0.168. The molecular formula is C21H20O6. The van der Waals surface area contributed by atoms with Crippen LogP contribution in [-0.2, 0) is 17.8 Å². The van der Waals surface area contributed by atoms with Crippen LogP contribution in [0.3, 0.4) is 0 Å². The third-order valence-corrected chi connectivity index (χ3v) is 4.54. The first kappa shape index (κ1) is 18.5. The Labute approximate surface area is 156 Å². The quantitative estimate of drug-likeness (QED) is 0.669. The summed E-state index contributed by atoms with van der Waals surface area (Å²) >= 11 is 0. The maximum atomic E-state index is 12.2. The molecule has 1 N–H and O–H groups in total. The van der Waals surface area contributed by atoms with Crippen LogP contribution in [0.2, 0.25) is 0 Å². The van der Waals surface area contributed by atoms with Crippen LogP contribution in [0.15, 0.2) is 45.6 Å². The Bertz CT molecular complexity index is 1050. The molecule has 6 nitrogen and oxygen atoms in total. The van der Waals surface area contributed by atoms with Gasteiger partial charge in [0.15, 0.2) is 0 Å². The standard InChI is InChI=1S/C21H20O6/c1-12-16-8-9-18(26-11-14-4-6-15(25-3)7-5-14)13(2)20(16)27-21(24)17(12)10-19(22)23/h4-9H,10-11H2,1-3H3,(H,22,23). The number of carboxylic acid groups (broad SMARTS) is 1. The van der Waals surface area contributed by atoms with Gasteiger partial charge in [0.25, 0.3) is 0 Å². The van der Waals surface area contributed by atoms with Gasteiger partial charge in [-0.15, -0.1) is 0 Å². The molecule has 0 bridgehead atoms. The van der Waals surface area contributed by atoms with E-state index in [0.29, 0.717) is 34.5 Å². The minimum atomic E-state index is -1.07. The van der Waals surface area contributed by atoms with Crippen LogP contribution in [0.1, 0.15) is 22.3 Å².